The molecule has 0 bridgehead atoms. The topological polar surface area (TPSA) is 237 Å². The summed E-state index contributed by atoms with van der Waals surface area (Å²) < 4.78 is 67.8. The Bertz CT molecular complexity index is 1550. The van der Waals surface area contributed by atoms with Gasteiger partial charge in [0.15, 0.2) is 12.2 Å². The van der Waals surface area contributed by atoms with Gasteiger partial charge in [0.1, 0.15) is 19.3 Å². The molecule has 2 unspecified atom stereocenters. The molecule has 0 aromatic carbocycles. The van der Waals surface area contributed by atoms with Gasteiger partial charge in [-0.2, -0.15) is 0 Å². The van der Waals surface area contributed by atoms with Crippen molar-refractivity contribution in [1.82, 2.24) is 0 Å². The van der Waals surface area contributed by atoms with Crippen LogP contribution in [0.2, 0.25) is 0 Å². The molecule has 0 rings (SSSR count). The van der Waals surface area contributed by atoms with Crippen LogP contribution in [0.3, 0.4) is 0 Å². The molecule has 0 heterocycles. The van der Waals surface area contributed by atoms with Crippen molar-refractivity contribution >= 4 is 39.5 Å². The van der Waals surface area contributed by atoms with Crippen molar-refractivity contribution in [3.63, 3.8) is 0 Å². The Kier molecular flexibility index (Phi) is 54.8. The number of aliphatic hydroxyl groups is 1. The van der Waals surface area contributed by atoms with Crippen molar-refractivity contribution in [2.45, 2.75) is 329 Å². The smallest absolute Gasteiger partial charge is 0.462 e. The SMILES string of the molecule is CCCCCCCCCCCCCC(=O)OC[C@H](COP(=O)(O)OC[C@@H](O)COP(=O)(O)OC[C@@H](COC(=O)CCCCCCCCC)OC(=O)CCCCCCCCCCCCC)OC(=O)CCCCCCCCCCCCC. The summed E-state index contributed by atoms with van der Waals surface area (Å²) in [5.74, 6) is -2.14. The third kappa shape index (κ3) is 55.3. The monoisotopic (exact) mass is 1180 g/mol. The van der Waals surface area contributed by atoms with Gasteiger partial charge >= 0.3 is 39.5 Å². The lowest BCUT2D eigenvalue weighted by Crippen LogP contribution is -2.30. The summed E-state index contributed by atoms with van der Waals surface area (Å²) in [7, 11) is -9.87. The molecule has 80 heavy (non-hydrogen) atoms. The number of carbonyl (C=O) groups is 4. The van der Waals surface area contributed by atoms with Gasteiger partial charge in [-0.1, -0.05) is 259 Å². The van der Waals surface area contributed by atoms with E-state index in [4.69, 9.17) is 37.0 Å². The van der Waals surface area contributed by atoms with Crippen LogP contribution in [-0.2, 0) is 65.4 Å². The largest absolute Gasteiger partial charge is 0.472 e. The van der Waals surface area contributed by atoms with Gasteiger partial charge < -0.3 is 33.8 Å². The number of ether oxygens (including phenoxy) is 4. The fourth-order valence-electron chi connectivity index (χ4n) is 9.10. The first-order valence-corrected chi connectivity index (χ1v) is 35.3. The molecule has 3 N–H and O–H groups in total. The molecule has 0 amide bonds. The summed E-state index contributed by atoms with van der Waals surface area (Å²) in [5.41, 5.74) is 0. The van der Waals surface area contributed by atoms with E-state index in [-0.39, 0.29) is 25.7 Å². The van der Waals surface area contributed by atoms with Crippen LogP contribution in [0.15, 0.2) is 0 Å². The van der Waals surface area contributed by atoms with Crippen LogP contribution in [0.1, 0.15) is 310 Å². The van der Waals surface area contributed by atoms with Crippen LogP contribution >= 0.6 is 15.6 Å². The summed E-state index contributed by atoms with van der Waals surface area (Å²) in [6.07, 6.45) is 40.2. The van der Waals surface area contributed by atoms with Crippen molar-refractivity contribution in [3.05, 3.63) is 0 Å². The van der Waals surface area contributed by atoms with Crippen LogP contribution in [0.4, 0.5) is 0 Å². The molecule has 0 radical (unpaired) electrons. The van der Waals surface area contributed by atoms with E-state index in [0.717, 1.165) is 103 Å². The second-order valence-electron chi connectivity index (χ2n) is 22.1. The number of phosphoric ester groups is 2. The number of hydrogen-bond acceptors (Lipinski definition) is 15. The van der Waals surface area contributed by atoms with Crippen LogP contribution in [-0.4, -0.2) is 96.7 Å². The molecule has 0 saturated heterocycles. The number of carbonyl (C=O) groups excluding carboxylic acids is 4. The van der Waals surface area contributed by atoms with E-state index in [1.165, 1.54) is 128 Å². The van der Waals surface area contributed by atoms with Crippen LogP contribution in [0, 0.1) is 0 Å². The number of phosphoric acid groups is 2. The lowest BCUT2D eigenvalue weighted by molar-refractivity contribution is -0.161. The maximum Gasteiger partial charge on any atom is 0.472 e. The molecule has 474 valence electrons. The summed E-state index contributed by atoms with van der Waals surface area (Å²) in [4.78, 5) is 71.9. The second kappa shape index (κ2) is 56.2. The third-order valence-electron chi connectivity index (χ3n) is 14.1. The summed E-state index contributed by atoms with van der Waals surface area (Å²) in [6.45, 7) is 4.83. The molecule has 17 nitrogen and oxygen atoms in total. The van der Waals surface area contributed by atoms with Gasteiger partial charge in [0.25, 0.3) is 0 Å². The number of rotatable bonds is 62. The maximum absolute atomic E-state index is 12.9. The molecular weight excluding hydrogens is 1070 g/mol. The minimum absolute atomic E-state index is 0.107. The lowest BCUT2D eigenvalue weighted by Gasteiger charge is -2.21. The molecule has 0 spiro atoms. The van der Waals surface area contributed by atoms with Crippen LogP contribution < -0.4 is 0 Å². The minimum atomic E-state index is -4.94. The molecule has 0 aliphatic heterocycles. The van der Waals surface area contributed by atoms with Crippen molar-refractivity contribution in [2.75, 3.05) is 39.6 Å². The zero-order valence-electron chi connectivity index (χ0n) is 51.0. The first kappa shape index (κ1) is 78.1. The molecule has 0 saturated carbocycles. The van der Waals surface area contributed by atoms with Gasteiger partial charge in [-0.25, -0.2) is 9.13 Å². The Labute approximate surface area is 486 Å². The third-order valence-corrected chi connectivity index (χ3v) is 16.0. The quantitative estimate of drug-likeness (QED) is 0.0222. The second-order valence-corrected chi connectivity index (χ2v) is 25.0. The minimum Gasteiger partial charge on any atom is -0.462 e. The lowest BCUT2D eigenvalue weighted by atomic mass is 10.1. The average molecular weight is 1190 g/mol. The predicted octanol–water partition coefficient (Wildman–Crippen LogP) is 16.8. The molecule has 0 aromatic heterocycles. The van der Waals surface area contributed by atoms with E-state index in [1.807, 2.05) is 0 Å². The van der Waals surface area contributed by atoms with Crippen molar-refractivity contribution < 1.29 is 80.2 Å². The molecular formula is C61H118O17P2. The number of aliphatic hydroxyl groups excluding tert-OH is 1. The number of esters is 4. The zero-order valence-corrected chi connectivity index (χ0v) is 52.8. The Morgan fingerprint density at radius 2 is 0.500 bits per heavy atom. The number of unbranched alkanes of at least 4 members (excludes halogenated alkanes) is 36. The molecule has 0 fully saturated rings. The highest BCUT2D eigenvalue weighted by Crippen LogP contribution is 2.45. The Morgan fingerprint density at radius 3 is 0.738 bits per heavy atom. The fourth-order valence-corrected chi connectivity index (χ4v) is 10.7. The van der Waals surface area contributed by atoms with Crippen LogP contribution in [0.25, 0.3) is 0 Å². The van der Waals surface area contributed by atoms with E-state index in [9.17, 15) is 43.2 Å². The maximum atomic E-state index is 12.9. The number of hydrogen-bond donors (Lipinski definition) is 3. The van der Waals surface area contributed by atoms with E-state index in [2.05, 4.69) is 27.7 Å². The highest BCUT2D eigenvalue weighted by Gasteiger charge is 2.30. The summed E-state index contributed by atoms with van der Waals surface area (Å²) in [5, 5.41) is 10.5. The Morgan fingerprint density at radius 1 is 0.300 bits per heavy atom. The zero-order chi connectivity index (χ0) is 59.1. The van der Waals surface area contributed by atoms with Gasteiger partial charge in [-0.05, 0) is 25.7 Å². The van der Waals surface area contributed by atoms with Crippen molar-refractivity contribution in [3.8, 4) is 0 Å². The van der Waals surface area contributed by atoms with Crippen LogP contribution in [0.5, 0.6) is 0 Å². The molecule has 19 heteroatoms. The fraction of sp³-hybridized carbons (Fsp3) is 0.934. The molecule has 0 aliphatic rings. The van der Waals surface area contributed by atoms with Crippen molar-refractivity contribution in [2.24, 2.45) is 0 Å². The van der Waals surface area contributed by atoms with Gasteiger partial charge in [0, 0.05) is 25.7 Å². The Balaban J connectivity index is 5.21. The normalized spacial score (nSPS) is 14.2. The van der Waals surface area contributed by atoms with E-state index >= 15 is 0 Å². The highest BCUT2D eigenvalue weighted by atomic mass is 31.2. The first-order valence-electron chi connectivity index (χ1n) is 32.3. The highest BCUT2D eigenvalue weighted by molar-refractivity contribution is 7.47. The molecule has 0 aliphatic carbocycles. The van der Waals surface area contributed by atoms with Gasteiger partial charge in [0.05, 0.1) is 26.4 Å². The standard InChI is InChI=1S/C61H118O17P2/c1-5-9-13-17-21-24-27-30-34-38-42-46-59(64)72-52-57(78-61(66)48-44-40-36-32-29-26-23-19-15-11-7-3)54-76-80(69,70)74-50-55(62)49-73-79(67,68)75-53-56(51-71-58(63)45-41-37-33-20-16-12-8-4)77-60(65)47-43-39-35-31-28-25-22-18-14-10-6-2/h55-57,62H,5-54H2,1-4H3,(H,67,68)(H,69,70)/t55-,56+,57+/m0/s1. The summed E-state index contributed by atoms with van der Waals surface area (Å²) >= 11 is 0. The van der Waals surface area contributed by atoms with Gasteiger partial charge in [-0.3, -0.25) is 37.3 Å². The molecule has 0 aromatic rings. The van der Waals surface area contributed by atoms with Gasteiger partial charge in [0.2, 0.25) is 0 Å². The van der Waals surface area contributed by atoms with E-state index in [1.54, 1.807) is 0 Å². The molecule has 5 atom stereocenters. The van der Waals surface area contributed by atoms with Crippen molar-refractivity contribution in [1.29, 1.82) is 0 Å². The van der Waals surface area contributed by atoms with Gasteiger partial charge in [-0.15, -0.1) is 0 Å². The average Bonchev–Trinajstić information content (AvgIpc) is 3.43. The summed E-state index contributed by atoms with van der Waals surface area (Å²) in [6, 6.07) is 0. The predicted molar refractivity (Wildman–Crippen MR) is 317 cm³/mol. The Hall–Kier alpha value is -1.94. The first-order chi connectivity index (χ1) is 38.7. The van der Waals surface area contributed by atoms with E-state index in [0.29, 0.717) is 25.7 Å². The van der Waals surface area contributed by atoms with E-state index < -0.39 is 97.5 Å².